The van der Waals surface area contributed by atoms with Gasteiger partial charge in [0.2, 0.25) is 11.0 Å². The molecular formula is C31H29BrN2O3S. The molecule has 5 nitrogen and oxygen atoms in total. The highest BCUT2D eigenvalue weighted by molar-refractivity contribution is 9.10. The average Bonchev–Trinajstić information content (AvgIpc) is 2.88. The third-order valence-corrected chi connectivity index (χ3v) is 7.75. The summed E-state index contributed by atoms with van der Waals surface area (Å²) in [6, 6.07) is 29.6. The van der Waals surface area contributed by atoms with E-state index in [-0.39, 0.29) is 4.90 Å². The molecule has 0 saturated heterocycles. The van der Waals surface area contributed by atoms with Crippen LogP contribution in [0.1, 0.15) is 5.56 Å². The van der Waals surface area contributed by atoms with Crippen LogP contribution in [0.3, 0.4) is 0 Å². The topological polar surface area (TPSA) is 64.3 Å². The fourth-order valence-corrected chi connectivity index (χ4v) is 5.69. The average molecular weight is 590 g/mol. The number of anilines is 1. The molecule has 4 aromatic carbocycles. The summed E-state index contributed by atoms with van der Waals surface area (Å²) in [6.07, 6.45) is 1.96. The molecule has 38 heavy (non-hydrogen) atoms. The molecule has 0 aliphatic carbocycles. The Morgan fingerprint density at radius 1 is 0.895 bits per heavy atom. The molecule has 0 radical (unpaired) electrons. The van der Waals surface area contributed by atoms with E-state index in [1.165, 1.54) is 50.8 Å². The summed E-state index contributed by atoms with van der Waals surface area (Å²) in [5.41, 5.74) is 7.03. The van der Waals surface area contributed by atoms with Gasteiger partial charge in [0.15, 0.2) is 6.54 Å². The van der Waals surface area contributed by atoms with E-state index in [9.17, 15) is 13.0 Å². The van der Waals surface area contributed by atoms with Crippen molar-refractivity contribution in [3.8, 4) is 11.1 Å². The Morgan fingerprint density at radius 3 is 1.92 bits per heavy atom. The number of para-hydroxylation sites is 2. The first-order valence-corrected chi connectivity index (χ1v) is 14.3. The van der Waals surface area contributed by atoms with Crippen LogP contribution >= 0.6 is 15.9 Å². The maximum atomic E-state index is 10.4. The van der Waals surface area contributed by atoms with Gasteiger partial charge in [-0.25, -0.2) is 8.42 Å². The highest BCUT2D eigenvalue weighted by atomic mass is 79.9. The summed E-state index contributed by atoms with van der Waals surface area (Å²) < 4.78 is 34.6. The van der Waals surface area contributed by atoms with E-state index in [2.05, 4.69) is 113 Å². The van der Waals surface area contributed by atoms with Gasteiger partial charge in [-0.05, 0) is 70.9 Å². The lowest BCUT2D eigenvalue weighted by Crippen LogP contribution is -2.34. The summed E-state index contributed by atoms with van der Waals surface area (Å²) in [7, 11) is -0.148. The third kappa shape index (κ3) is 5.80. The molecule has 0 spiro atoms. The number of pyridine rings is 1. The second-order valence-electron chi connectivity index (χ2n) is 9.14. The van der Waals surface area contributed by atoms with E-state index < -0.39 is 10.1 Å². The minimum Gasteiger partial charge on any atom is -0.744 e. The molecule has 0 unspecified atom stereocenters. The highest BCUT2D eigenvalue weighted by Crippen LogP contribution is 2.37. The normalized spacial score (nSPS) is 11.2. The van der Waals surface area contributed by atoms with Gasteiger partial charge in [-0.15, -0.1) is 0 Å². The van der Waals surface area contributed by atoms with E-state index in [1.54, 1.807) is 12.1 Å². The number of nitrogens with zero attached hydrogens (tertiary/aromatic N) is 2. The van der Waals surface area contributed by atoms with Crippen LogP contribution in [0.2, 0.25) is 0 Å². The van der Waals surface area contributed by atoms with Gasteiger partial charge in [0, 0.05) is 36.3 Å². The van der Waals surface area contributed by atoms with Gasteiger partial charge in [-0.3, -0.25) is 0 Å². The molecule has 0 fully saturated rings. The van der Waals surface area contributed by atoms with Crippen molar-refractivity contribution < 1.29 is 17.5 Å². The fraction of sp³-hybridized carbons (Fsp3) is 0.129. The minimum atomic E-state index is -4.27. The lowest BCUT2D eigenvalue weighted by molar-refractivity contribution is -0.634. The van der Waals surface area contributed by atoms with Crippen molar-refractivity contribution in [2.24, 2.45) is 0 Å². The van der Waals surface area contributed by atoms with Crippen molar-refractivity contribution in [3.63, 3.8) is 0 Å². The summed E-state index contributed by atoms with van der Waals surface area (Å²) >= 11 is 3.75. The Balaban J connectivity index is 0.000000257. The number of halogens is 1. The maximum absolute atomic E-state index is 10.4. The molecule has 0 N–H and O–H groups in total. The smallest absolute Gasteiger partial charge is 0.213 e. The standard InChI is InChI=1S/C24H22BrN2.C7H8O3S/c1-4-15-27-21-11-7-5-9-18(21)24(19-10-6-8-12-22(19)27)17-13-14-23(26(2)3)20(25)16-17;1-6-2-4-7(5-3-6)11(8,9)10/h4-14,16H,1,15H2,2-3H3;2-5H,1H3,(H,8,9,10)/q+1;/p-1. The largest absolute Gasteiger partial charge is 0.744 e. The van der Waals surface area contributed by atoms with Gasteiger partial charge >= 0.3 is 0 Å². The van der Waals surface area contributed by atoms with Crippen molar-refractivity contribution in [2.75, 3.05) is 19.0 Å². The predicted octanol–water partition coefficient (Wildman–Crippen LogP) is 6.86. The number of rotatable bonds is 5. The Labute approximate surface area is 232 Å². The zero-order valence-electron chi connectivity index (χ0n) is 21.6. The molecule has 0 atom stereocenters. The summed E-state index contributed by atoms with van der Waals surface area (Å²) in [5.74, 6) is 0. The summed E-state index contributed by atoms with van der Waals surface area (Å²) in [5, 5.41) is 2.50. The van der Waals surface area contributed by atoms with Crippen LogP contribution in [0.25, 0.3) is 32.9 Å². The second-order valence-corrected chi connectivity index (χ2v) is 11.4. The number of aromatic nitrogens is 1. The monoisotopic (exact) mass is 588 g/mol. The van der Waals surface area contributed by atoms with Crippen LogP contribution < -0.4 is 9.47 Å². The molecule has 5 rings (SSSR count). The van der Waals surface area contributed by atoms with Crippen molar-refractivity contribution in [1.82, 2.24) is 0 Å². The van der Waals surface area contributed by atoms with E-state index >= 15 is 0 Å². The van der Waals surface area contributed by atoms with Crippen molar-refractivity contribution >= 4 is 53.5 Å². The minimum absolute atomic E-state index is 0.178. The maximum Gasteiger partial charge on any atom is 0.213 e. The number of fused-ring (bicyclic) bond motifs is 2. The zero-order chi connectivity index (χ0) is 27.4. The van der Waals surface area contributed by atoms with Gasteiger partial charge in [0.25, 0.3) is 0 Å². The van der Waals surface area contributed by atoms with Gasteiger partial charge in [-0.1, -0.05) is 54.6 Å². The lowest BCUT2D eigenvalue weighted by Gasteiger charge is -2.17. The van der Waals surface area contributed by atoms with Gasteiger partial charge < -0.3 is 9.45 Å². The quantitative estimate of drug-likeness (QED) is 0.0973. The highest BCUT2D eigenvalue weighted by Gasteiger charge is 2.20. The summed E-state index contributed by atoms with van der Waals surface area (Å²) in [6.45, 7) is 6.56. The number of benzene rings is 4. The summed E-state index contributed by atoms with van der Waals surface area (Å²) in [4.78, 5) is 1.94. The van der Waals surface area contributed by atoms with Crippen molar-refractivity contribution in [3.05, 3.63) is 114 Å². The van der Waals surface area contributed by atoms with E-state index in [4.69, 9.17) is 0 Å². The van der Waals surface area contributed by atoms with Crippen molar-refractivity contribution in [2.45, 2.75) is 18.4 Å². The first-order valence-electron chi connectivity index (χ1n) is 12.1. The molecule has 194 valence electrons. The number of aryl methyl sites for hydroxylation is 1. The Bertz CT molecular complexity index is 1670. The van der Waals surface area contributed by atoms with Crippen molar-refractivity contribution in [1.29, 1.82) is 0 Å². The number of hydrogen-bond donors (Lipinski definition) is 0. The molecule has 7 heteroatoms. The molecular weight excluding hydrogens is 560 g/mol. The molecule has 1 aromatic heterocycles. The fourth-order valence-electron chi connectivity index (χ4n) is 4.48. The van der Waals surface area contributed by atoms with Crippen LogP contribution in [-0.4, -0.2) is 27.1 Å². The van der Waals surface area contributed by atoms with E-state index in [0.717, 1.165) is 16.6 Å². The zero-order valence-corrected chi connectivity index (χ0v) is 24.0. The Morgan fingerprint density at radius 2 is 1.45 bits per heavy atom. The molecule has 0 aliphatic rings. The number of hydrogen-bond acceptors (Lipinski definition) is 4. The molecule has 0 aliphatic heterocycles. The molecule has 0 saturated carbocycles. The predicted molar refractivity (Wildman–Crippen MR) is 158 cm³/mol. The molecule has 0 amide bonds. The van der Waals surface area contributed by atoms with Crippen LogP contribution in [0.5, 0.6) is 0 Å². The van der Waals surface area contributed by atoms with E-state index in [1.807, 2.05) is 13.0 Å². The van der Waals surface area contributed by atoms with Gasteiger partial charge in [-0.2, -0.15) is 4.57 Å². The van der Waals surface area contributed by atoms with Crippen LogP contribution in [0.15, 0.2) is 113 Å². The first kappa shape index (κ1) is 27.5. The van der Waals surface area contributed by atoms with Crippen LogP contribution in [0, 0.1) is 6.92 Å². The van der Waals surface area contributed by atoms with Gasteiger partial charge in [0.1, 0.15) is 10.1 Å². The number of allylic oxidation sites excluding steroid dienone is 1. The molecule has 5 aromatic rings. The Kier molecular flexibility index (Phi) is 8.31. The first-order chi connectivity index (χ1) is 18.1. The van der Waals surface area contributed by atoms with Crippen LogP contribution in [-0.2, 0) is 16.7 Å². The molecule has 1 heterocycles. The van der Waals surface area contributed by atoms with E-state index in [0.29, 0.717) is 0 Å². The molecule has 0 bridgehead atoms. The second kappa shape index (κ2) is 11.5. The lowest BCUT2D eigenvalue weighted by atomic mass is 9.95. The third-order valence-electron chi connectivity index (χ3n) is 6.27. The SMILES string of the molecule is C=CC[n+]1c2ccccc2c(-c2ccc(N(C)C)c(Br)c2)c2ccccc21.Cc1ccc(S(=O)(=O)[O-])cc1. The van der Waals surface area contributed by atoms with Crippen LogP contribution in [0.4, 0.5) is 5.69 Å². The van der Waals surface area contributed by atoms with Gasteiger partial charge in [0.05, 0.1) is 21.4 Å². The Hall–Kier alpha value is -3.52.